The Hall–Kier alpha value is -1.36. The van der Waals surface area contributed by atoms with Crippen molar-refractivity contribution >= 4 is 5.69 Å². The maximum Gasteiger partial charge on any atom is 0.268 e. The summed E-state index contributed by atoms with van der Waals surface area (Å²) in [7, 11) is 3.82. The molecule has 0 saturated carbocycles. The number of aryl methyl sites for hydroxylation is 1. The minimum absolute atomic E-state index is 0.0134. The lowest BCUT2D eigenvalue weighted by Gasteiger charge is -2.13. The van der Waals surface area contributed by atoms with E-state index in [1.807, 2.05) is 19.0 Å². The largest absolute Gasteiger partial charge is 0.376 e. The summed E-state index contributed by atoms with van der Waals surface area (Å²) in [6, 6.07) is 2.28. The van der Waals surface area contributed by atoms with E-state index in [0.717, 1.165) is 25.1 Å². The highest BCUT2D eigenvalue weighted by atomic mass is 16.1. The lowest BCUT2D eigenvalue weighted by Crippen LogP contribution is -2.26. The van der Waals surface area contributed by atoms with Crippen LogP contribution in [-0.2, 0) is 6.54 Å². The van der Waals surface area contributed by atoms with Gasteiger partial charge in [0.25, 0.3) is 5.56 Å². The number of aromatic nitrogens is 2. The molecule has 1 aromatic rings. The van der Waals surface area contributed by atoms with Gasteiger partial charge in [-0.15, -0.1) is 0 Å². The van der Waals surface area contributed by atoms with Crippen LogP contribution < -0.4 is 15.8 Å². The van der Waals surface area contributed by atoms with Gasteiger partial charge in [-0.2, -0.15) is 5.10 Å². The second kappa shape index (κ2) is 6.00. The fourth-order valence-electron chi connectivity index (χ4n) is 2.33. The van der Waals surface area contributed by atoms with Gasteiger partial charge in [0.1, 0.15) is 0 Å². The summed E-state index contributed by atoms with van der Waals surface area (Å²) in [6.07, 6.45) is 6.42. The molecule has 1 atom stereocenters. The molecule has 0 radical (unpaired) electrons. The summed E-state index contributed by atoms with van der Waals surface area (Å²) in [5, 5.41) is 7.67. The summed E-state index contributed by atoms with van der Waals surface area (Å²) in [4.78, 5) is 13.7. The van der Waals surface area contributed by atoms with Crippen molar-refractivity contribution in [1.82, 2.24) is 15.1 Å². The maximum atomic E-state index is 11.8. The van der Waals surface area contributed by atoms with Crippen LogP contribution in [0.25, 0.3) is 0 Å². The summed E-state index contributed by atoms with van der Waals surface area (Å²) in [5.74, 6) is 0. The van der Waals surface area contributed by atoms with Crippen molar-refractivity contribution in [3.63, 3.8) is 0 Å². The highest BCUT2D eigenvalue weighted by molar-refractivity contribution is 5.40. The van der Waals surface area contributed by atoms with Gasteiger partial charge in [-0.1, -0.05) is 0 Å². The number of hydrogen-bond donors (Lipinski definition) is 1. The molecule has 100 valence electrons. The molecule has 1 saturated heterocycles. The lowest BCUT2D eigenvalue weighted by atomic mass is 10.1. The molecule has 0 aromatic carbocycles. The first-order valence-corrected chi connectivity index (χ1v) is 6.64. The molecule has 1 fully saturated rings. The monoisotopic (exact) mass is 250 g/mol. The van der Waals surface area contributed by atoms with E-state index >= 15 is 0 Å². The van der Waals surface area contributed by atoms with Crippen LogP contribution in [0, 0.1) is 0 Å². The first-order chi connectivity index (χ1) is 8.66. The van der Waals surface area contributed by atoms with Crippen molar-refractivity contribution in [2.75, 3.05) is 25.5 Å². The van der Waals surface area contributed by atoms with E-state index in [0.29, 0.717) is 12.6 Å². The SMILES string of the molecule is CN(C)c1cnn(CCCC2CCCN2)c(=O)c1. The molecule has 0 spiro atoms. The highest BCUT2D eigenvalue weighted by Gasteiger charge is 2.13. The Labute approximate surface area is 108 Å². The van der Waals surface area contributed by atoms with Crippen molar-refractivity contribution in [3.8, 4) is 0 Å². The zero-order valence-corrected chi connectivity index (χ0v) is 11.2. The van der Waals surface area contributed by atoms with Gasteiger partial charge in [0, 0.05) is 32.7 Å². The van der Waals surface area contributed by atoms with Gasteiger partial charge in [0.15, 0.2) is 0 Å². The molecule has 18 heavy (non-hydrogen) atoms. The zero-order chi connectivity index (χ0) is 13.0. The second-order valence-corrected chi connectivity index (χ2v) is 5.11. The fourth-order valence-corrected chi connectivity index (χ4v) is 2.33. The molecular weight excluding hydrogens is 228 g/mol. The fraction of sp³-hybridized carbons (Fsp3) is 0.692. The smallest absolute Gasteiger partial charge is 0.268 e. The van der Waals surface area contributed by atoms with Crippen LogP contribution in [0.15, 0.2) is 17.1 Å². The average Bonchev–Trinajstić information content (AvgIpc) is 2.84. The number of rotatable bonds is 5. The molecule has 0 aliphatic carbocycles. The molecule has 2 heterocycles. The second-order valence-electron chi connectivity index (χ2n) is 5.11. The summed E-state index contributed by atoms with van der Waals surface area (Å²) >= 11 is 0. The molecule has 0 bridgehead atoms. The third-order valence-electron chi connectivity index (χ3n) is 3.46. The van der Waals surface area contributed by atoms with E-state index in [9.17, 15) is 4.79 Å². The quantitative estimate of drug-likeness (QED) is 0.841. The highest BCUT2D eigenvalue weighted by Crippen LogP contribution is 2.11. The summed E-state index contributed by atoms with van der Waals surface area (Å²) in [6.45, 7) is 1.85. The van der Waals surface area contributed by atoms with Crippen molar-refractivity contribution in [2.24, 2.45) is 0 Å². The minimum Gasteiger partial charge on any atom is -0.376 e. The van der Waals surface area contributed by atoms with Crippen LogP contribution in [-0.4, -0.2) is 36.5 Å². The van der Waals surface area contributed by atoms with Gasteiger partial charge in [-0.25, -0.2) is 4.68 Å². The van der Waals surface area contributed by atoms with E-state index in [-0.39, 0.29) is 5.56 Å². The van der Waals surface area contributed by atoms with E-state index in [1.165, 1.54) is 12.8 Å². The van der Waals surface area contributed by atoms with Gasteiger partial charge in [-0.05, 0) is 32.2 Å². The molecule has 1 aliphatic rings. The van der Waals surface area contributed by atoms with Crippen LogP contribution in [0.4, 0.5) is 5.69 Å². The van der Waals surface area contributed by atoms with Crippen molar-refractivity contribution in [1.29, 1.82) is 0 Å². The number of anilines is 1. The van der Waals surface area contributed by atoms with E-state index in [2.05, 4.69) is 10.4 Å². The third kappa shape index (κ3) is 3.32. The Morgan fingerprint density at radius 2 is 2.39 bits per heavy atom. The van der Waals surface area contributed by atoms with Crippen LogP contribution in [0.1, 0.15) is 25.7 Å². The predicted octanol–water partition coefficient (Wildman–Crippen LogP) is 0.841. The number of nitrogens with zero attached hydrogens (tertiary/aromatic N) is 3. The van der Waals surface area contributed by atoms with Crippen LogP contribution in [0.3, 0.4) is 0 Å². The van der Waals surface area contributed by atoms with Gasteiger partial charge in [0.05, 0.1) is 11.9 Å². The minimum atomic E-state index is -0.0134. The molecule has 2 rings (SSSR count). The first-order valence-electron chi connectivity index (χ1n) is 6.64. The van der Waals surface area contributed by atoms with Crippen molar-refractivity contribution in [2.45, 2.75) is 38.3 Å². The molecule has 1 aliphatic heterocycles. The van der Waals surface area contributed by atoms with E-state index in [1.54, 1.807) is 16.9 Å². The van der Waals surface area contributed by atoms with Crippen LogP contribution >= 0.6 is 0 Å². The van der Waals surface area contributed by atoms with Gasteiger partial charge in [0.2, 0.25) is 0 Å². The lowest BCUT2D eigenvalue weighted by molar-refractivity contribution is 0.473. The van der Waals surface area contributed by atoms with Gasteiger partial charge < -0.3 is 10.2 Å². The Morgan fingerprint density at radius 3 is 3.00 bits per heavy atom. The zero-order valence-electron chi connectivity index (χ0n) is 11.2. The number of nitrogens with one attached hydrogen (secondary N) is 1. The summed E-state index contributed by atoms with van der Waals surface area (Å²) < 4.78 is 1.56. The molecule has 1 unspecified atom stereocenters. The third-order valence-corrected chi connectivity index (χ3v) is 3.46. The molecule has 5 nitrogen and oxygen atoms in total. The van der Waals surface area contributed by atoms with E-state index in [4.69, 9.17) is 0 Å². The standard InChI is InChI=1S/C13H22N4O/c1-16(2)12-9-13(18)17(15-10-12)8-4-6-11-5-3-7-14-11/h9-11,14H,3-8H2,1-2H3. The molecule has 0 amide bonds. The van der Waals surface area contributed by atoms with Crippen LogP contribution in [0.5, 0.6) is 0 Å². The molecular formula is C13H22N4O. The molecule has 1 N–H and O–H groups in total. The summed E-state index contributed by atoms with van der Waals surface area (Å²) in [5.41, 5.74) is 0.842. The average molecular weight is 250 g/mol. The van der Waals surface area contributed by atoms with Gasteiger partial charge >= 0.3 is 0 Å². The molecule has 5 heteroatoms. The first kappa shape index (κ1) is 13.1. The van der Waals surface area contributed by atoms with Crippen LogP contribution in [0.2, 0.25) is 0 Å². The maximum absolute atomic E-state index is 11.8. The predicted molar refractivity (Wildman–Crippen MR) is 73.1 cm³/mol. The van der Waals surface area contributed by atoms with Crippen molar-refractivity contribution < 1.29 is 0 Å². The number of hydrogen-bond acceptors (Lipinski definition) is 4. The van der Waals surface area contributed by atoms with E-state index < -0.39 is 0 Å². The Morgan fingerprint density at radius 1 is 1.56 bits per heavy atom. The Bertz CT molecular complexity index is 435. The normalized spacial score (nSPS) is 19.1. The Balaban J connectivity index is 1.87. The van der Waals surface area contributed by atoms with Crippen molar-refractivity contribution in [3.05, 3.63) is 22.6 Å². The Kier molecular flexibility index (Phi) is 4.36. The molecule has 1 aromatic heterocycles. The van der Waals surface area contributed by atoms with Gasteiger partial charge in [-0.3, -0.25) is 4.79 Å². The topological polar surface area (TPSA) is 50.2 Å².